The number of hydrogen-bond acceptors (Lipinski definition) is 9. The van der Waals surface area contributed by atoms with E-state index in [1.807, 2.05) is 0 Å². The van der Waals surface area contributed by atoms with E-state index in [0.717, 1.165) is 19.4 Å². The molecule has 0 spiro atoms. The maximum absolute atomic E-state index is 13.5. The second-order valence-corrected chi connectivity index (χ2v) is 7.86. The molecular formula is C22H19FN6O4. The largest absolute Gasteiger partial charge is 0.339 e. The molecule has 2 aromatic carbocycles. The third kappa shape index (κ3) is 4.62. The highest BCUT2D eigenvalue weighted by molar-refractivity contribution is 5.56. The Hall–Kier alpha value is -3.99. The minimum Gasteiger partial charge on any atom is -0.339 e. The van der Waals surface area contributed by atoms with Crippen molar-refractivity contribution in [1.29, 1.82) is 0 Å². The van der Waals surface area contributed by atoms with Crippen LogP contribution >= 0.6 is 0 Å². The number of nitro benzene ring substituents is 1. The molecule has 0 aliphatic carbocycles. The van der Waals surface area contributed by atoms with Crippen LogP contribution in [0, 0.1) is 15.9 Å². The molecule has 1 atom stereocenters. The second kappa shape index (κ2) is 8.87. The average Bonchev–Trinajstić information content (AvgIpc) is 3.50. The lowest BCUT2D eigenvalue weighted by Crippen LogP contribution is -2.34. The number of likely N-dealkylation sites (tertiary alicyclic amines) is 1. The van der Waals surface area contributed by atoms with E-state index in [1.165, 1.54) is 24.3 Å². The molecule has 5 rings (SSSR count). The van der Waals surface area contributed by atoms with Crippen LogP contribution in [-0.4, -0.2) is 43.2 Å². The first-order chi connectivity index (χ1) is 16.0. The zero-order valence-corrected chi connectivity index (χ0v) is 17.4. The van der Waals surface area contributed by atoms with Gasteiger partial charge in [0.1, 0.15) is 5.82 Å². The zero-order valence-electron chi connectivity index (χ0n) is 17.4. The lowest BCUT2D eigenvalue weighted by molar-refractivity contribution is -0.384. The van der Waals surface area contributed by atoms with Crippen LogP contribution in [0.4, 0.5) is 10.1 Å². The van der Waals surface area contributed by atoms with E-state index in [9.17, 15) is 14.5 Å². The summed E-state index contributed by atoms with van der Waals surface area (Å²) in [6.07, 6.45) is 1.84. The van der Waals surface area contributed by atoms with Crippen molar-refractivity contribution >= 4 is 5.69 Å². The normalized spacial score (nSPS) is 16.7. The average molecular weight is 450 g/mol. The molecule has 0 bridgehead atoms. The van der Waals surface area contributed by atoms with Gasteiger partial charge in [0.05, 0.1) is 17.4 Å². The number of halogens is 1. The van der Waals surface area contributed by atoms with E-state index in [-0.39, 0.29) is 17.4 Å². The number of nitro groups is 1. The van der Waals surface area contributed by atoms with Crippen molar-refractivity contribution < 1.29 is 18.4 Å². The van der Waals surface area contributed by atoms with Crippen LogP contribution in [0.3, 0.4) is 0 Å². The Morgan fingerprint density at radius 1 is 1.06 bits per heavy atom. The van der Waals surface area contributed by atoms with Gasteiger partial charge in [-0.2, -0.15) is 9.97 Å². The molecule has 1 aliphatic heterocycles. The summed E-state index contributed by atoms with van der Waals surface area (Å²) >= 11 is 0. The predicted octanol–water partition coefficient (Wildman–Crippen LogP) is 4.21. The Morgan fingerprint density at radius 3 is 2.64 bits per heavy atom. The van der Waals surface area contributed by atoms with Gasteiger partial charge in [0.15, 0.2) is 0 Å². The van der Waals surface area contributed by atoms with Crippen molar-refractivity contribution in [3.8, 4) is 22.8 Å². The number of rotatable bonds is 6. The molecule has 1 saturated heterocycles. The molecular weight excluding hydrogens is 431 g/mol. The van der Waals surface area contributed by atoms with E-state index in [2.05, 4.69) is 25.2 Å². The van der Waals surface area contributed by atoms with Crippen molar-refractivity contribution in [3.63, 3.8) is 0 Å². The predicted molar refractivity (Wildman–Crippen MR) is 113 cm³/mol. The van der Waals surface area contributed by atoms with Gasteiger partial charge in [-0.3, -0.25) is 15.0 Å². The van der Waals surface area contributed by atoms with Gasteiger partial charge in [0.2, 0.25) is 23.4 Å². The Kier molecular flexibility index (Phi) is 5.61. The van der Waals surface area contributed by atoms with Crippen molar-refractivity contribution in [2.24, 2.45) is 0 Å². The SMILES string of the molecule is O=[N+]([O-])c1ccc(-c2noc(CN3CCCC(c4nc(-c5cccc(F)c5)no4)C3)n2)cc1. The zero-order chi connectivity index (χ0) is 22.8. The summed E-state index contributed by atoms with van der Waals surface area (Å²) < 4.78 is 24.4. The fourth-order valence-electron chi connectivity index (χ4n) is 3.91. The van der Waals surface area contributed by atoms with E-state index in [0.29, 0.717) is 47.6 Å². The molecule has 2 aromatic heterocycles. The fourth-order valence-corrected chi connectivity index (χ4v) is 3.91. The van der Waals surface area contributed by atoms with Crippen LogP contribution in [0.5, 0.6) is 0 Å². The van der Waals surface area contributed by atoms with Gasteiger partial charge in [-0.1, -0.05) is 22.4 Å². The lowest BCUT2D eigenvalue weighted by Gasteiger charge is -2.29. The van der Waals surface area contributed by atoms with Crippen LogP contribution in [0.1, 0.15) is 30.5 Å². The molecule has 0 N–H and O–H groups in total. The lowest BCUT2D eigenvalue weighted by atomic mass is 9.98. The Morgan fingerprint density at radius 2 is 1.85 bits per heavy atom. The first-order valence-corrected chi connectivity index (χ1v) is 10.4. The summed E-state index contributed by atoms with van der Waals surface area (Å²) in [5.74, 6) is 1.42. The minimum atomic E-state index is -0.456. The van der Waals surface area contributed by atoms with E-state index in [1.54, 1.807) is 24.3 Å². The summed E-state index contributed by atoms with van der Waals surface area (Å²) in [5, 5.41) is 18.8. The monoisotopic (exact) mass is 450 g/mol. The molecule has 3 heterocycles. The van der Waals surface area contributed by atoms with Gasteiger partial charge < -0.3 is 9.05 Å². The number of nitrogens with zero attached hydrogens (tertiary/aromatic N) is 6. The molecule has 1 unspecified atom stereocenters. The van der Waals surface area contributed by atoms with Gasteiger partial charge in [-0.25, -0.2) is 4.39 Å². The van der Waals surface area contributed by atoms with Gasteiger partial charge in [-0.05, 0) is 43.7 Å². The second-order valence-electron chi connectivity index (χ2n) is 7.86. The Bertz CT molecular complexity index is 1270. The number of non-ortho nitro benzene ring substituents is 1. The summed E-state index contributed by atoms with van der Waals surface area (Å²) in [6, 6.07) is 12.1. The smallest absolute Gasteiger partial charge is 0.269 e. The van der Waals surface area contributed by atoms with Gasteiger partial charge in [-0.15, -0.1) is 0 Å². The van der Waals surface area contributed by atoms with Crippen LogP contribution in [0.25, 0.3) is 22.8 Å². The van der Waals surface area contributed by atoms with Crippen molar-refractivity contribution in [3.05, 3.63) is 76.2 Å². The summed E-state index contributed by atoms with van der Waals surface area (Å²) in [7, 11) is 0. The van der Waals surface area contributed by atoms with Crippen LogP contribution in [0.2, 0.25) is 0 Å². The van der Waals surface area contributed by atoms with Crippen molar-refractivity contribution in [2.75, 3.05) is 13.1 Å². The number of benzene rings is 2. The molecule has 0 amide bonds. The summed E-state index contributed by atoms with van der Waals surface area (Å²) in [6.45, 7) is 2.00. The number of aromatic nitrogens is 4. The Balaban J connectivity index is 1.24. The highest BCUT2D eigenvalue weighted by Gasteiger charge is 2.27. The fraction of sp³-hybridized carbons (Fsp3) is 0.273. The van der Waals surface area contributed by atoms with Crippen molar-refractivity contribution in [2.45, 2.75) is 25.3 Å². The molecule has 0 radical (unpaired) electrons. The molecule has 0 saturated carbocycles. The maximum atomic E-state index is 13.5. The molecule has 168 valence electrons. The standard InChI is InChI=1S/C22H19FN6O4/c23-17-5-1-3-15(11-17)21-25-22(33-27-21)16-4-2-10-28(12-16)13-19-24-20(26-32-19)14-6-8-18(9-7-14)29(30)31/h1,3,5-9,11,16H,2,4,10,12-13H2. The van der Waals surface area contributed by atoms with E-state index < -0.39 is 4.92 Å². The Labute approximate surface area is 187 Å². The first-order valence-electron chi connectivity index (χ1n) is 10.4. The first kappa shape index (κ1) is 20.9. The minimum absolute atomic E-state index is 0.00316. The topological polar surface area (TPSA) is 124 Å². The molecule has 1 aliphatic rings. The third-order valence-corrected chi connectivity index (χ3v) is 5.54. The van der Waals surface area contributed by atoms with Crippen LogP contribution in [0.15, 0.2) is 57.6 Å². The summed E-state index contributed by atoms with van der Waals surface area (Å²) in [5.41, 5.74) is 1.22. The quantitative estimate of drug-likeness (QED) is 0.314. The van der Waals surface area contributed by atoms with E-state index in [4.69, 9.17) is 9.05 Å². The van der Waals surface area contributed by atoms with Crippen LogP contribution in [-0.2, 0) is 6.54 Å². The maximum Gasteiger partial charge on any atom is 0.269 e. The van der Waals surface area contributed by atoms with Gasteiger partial charge in [0, 0.05) is 29.8 Å². The highest BCUT2D eigenvalue weighted by Crippen LogP contribution is 2.29. The molecule has 33 heavy (non-hydrogen) atoms. The van der Waals surface area contributed by atoms with Crippen LogP contribution < -0.4 is 0 Å². The number of piperidine rings is 1. The van der Waals surface area contributed by atoms with Gasteiger partial charge >= 0.3 is 0 Å². The third-order valence-electron chi connectivity index (χ3n) is 5.54. The van der Waals surface area contributed by atoms with Crippen molar-refractivity contribution in [1.82, 2.24) is 25.2 Å². The van der Waals surface area contributed by atoms with Gasteiger partial charge in [0.25, 0.3) is 5.69 Å². The molecule has 11 heteroatoms. The molecule has 4 aromatic rings. The number of hydrogen-bond donors (Lipinski definition) is 0. The van der Waals surface area contributed by atoms with E-state index >= 15 is 0 Å². The summed E-state index contributed by atoms with van der Waals surface area (Å²) in [4.78, 5) is 21.4. The molecule has 10 nitrogen and oxygen atoms in total. The molecule has 1 fully saturated rings. The highest BCUT2D eigenvalue weighted by atomic mass is 19.1.